The van der Waals surface area contributed by atoms with Crippen LogP contribution in [0.15, 0.2) is 24.8 Å². The minimum Gasteiger partial charge on any atom is -0.469 e. The highest BCUT2D eigenvalue weighted by molar-refractivity contribution is 5.92. The Bertz CT molecular complexity index is 765. The molecule has 0 bridgehead atoms. The van der Waals surface area contributed by atoms with Crippen LogP contribution in [-0.4, -0.2) is 44.5 Å². The smallest absolute Gasteiger partial charge is 0.308 e. The number of carbonyl (C=O) groups is 2. The van der Waals surface area contributed by atoms with Gasteiger partial charge in [-0.25, -0.2) is 15.0 Å². The second-order valence-corrected chi connectivity index (χ2v) is 6.20. The van der Waals surface area contributed by atoms with Crippen molar-refractivity contribution in [3.8, 4) is 11.5 Å². The summed E-state index contributed by atoms with van der Waals surface area (Å²) in [5.41, 5.74) is 1.06. The van der Waals surface area contributed by atoms with E-state index in [1.807, 2.05) is 7.05 Å². The normalized spacial score (nSPS) is 20.1. The summed E-state index contributed by atoms with van der Waals surface area (Å²) in [6, 6.07) is 1.64. The van der Waals surface area contributed by atoms with Crippen LogP contribution in [0.1, 0.15) is 36.2 Å². The van der Waals surface area contributed by atoms with Crippen LogP contribution in [0, 0.1) is 5.92 Å². The second-order valence-electron chi connectivity index (χ2n) is 6.20. The summed E-state index contributed by atoms with van der Waals surface area (Å²) < 4.78 is 6.58. The number of aryl methyl sites for hydroxylation is 1. The zero-order valence-corrected chi connectivity index (χ0v) is 14.3. The molecule has 1 saturated carbocycles. The molecule has 2 aromatic heterocycles. The summed E-state index contributed by atoms with van der Waals surface area (Å²) in [4.78, 5) is 36.6. The van der Waals surface area contributed by atoms with Crippen molar-refractivity contribution in [3.63, 3.8) is 0 Å². The number of ether oxygens (including phenoxy) is 1. The first kappa shape index (κ1) is 17.1. The number of imidazole rings is 1. The second kappa shape index (κ2) is 7.42. The Labute approximate surface area is 145 Å². The molecule has 2 aromatic rings. The Kier molecular flexibility index (Phi) is 5.06. The topological polar surface area (TPSA) is 99.0 Å². The van der Waals surface area contributed by atoms with Crippen LogP contribution in [0.4, 0.5) is 0 Å². The van der Waals surface area contributed by atoms with Gasteiger partial charge in [0.15, 0.2) is 5.82 Å². The van der Waals surface area contributed by atoms with E-state index in [1.165, 1.54) is 7.11 Å². The number of hydrogen-bond donors (Lipinski definition) is 1. The van der Waals surface area contributed by atoms with E-state index in [2.05, 4.69) is 20.3 Å². The Balaban J connectivity index is 1.63. The van der Waals surface area contributed by atoms with E-state index in [1.54, 1.807) is 29.4 Å². The largest absolute Gasteiger partial charge is 0.469 e. The number of hydrogen-bond acceptors (Lipinski definition) is 6. The molecule has 2 heterocycles. The van der Waals surface area contributed by atoms with Crippen LogP contribution in [0.3, 0.4) is 0 Å². The molecule has 0 radical (unpaired) electrons. The van der Waals surface area contributed by atoms with Crippen molar-refractivity contribution >= 4 is 11.9 Å². The van der Waals surface area contributed by atoms with Crippen LogP contribution in [0.2, 0.25) is 0 Å². The van der Waals surface area contributed by atoms with E-state index >= 15 is 0 Å². The first-order valence-corrected chi connectivity index (χ1v) is 8.27. The quantitative estimate of drug-likeness (QED) is 0.841. The molecular formula is C17H21N5O3. The number of nitrogens with zero attached hydrogens (tertiary/aromatic N) is 4. The molecule has 0 unspecified atom stereocenters. The van der Waals surface area contributed by atoms with Gasteiger partial charge in [0.1, 0.15) is 11.4 Å². The van der Waals surface area contributed by atoms with E-state index < -0.39 is 0 Å². The fourth-order valence-corrected chi connectivity index (χ4v) is 3.08. The molecule has 1 aliphatic carbocycles. The average Bonchev–Trinajstić information content (AvgIpc) is 3.07. The van der Waals surface area contributed by atoms with Crippen LogP contribution in [0.25, 0.3) is 11.5 Å². The molecule has 1 N–H and O–H groups in total. The molecule has 1 fully saturated rings. The van der Waals surface area contributed by atoms with Crippen LogP contribution in [-0.2, 0) is 16.6 Å². The van der Waals surface area contributed by atoms with E-state index in [4.69, 9.17) is 4.74 Å². The first-order chi connectivity index (χ1) is 12.1. The van der Waals surface area contributed by atoms with Gasteiger partial charge in [0.25, 0.3) is 5.91 Å². The van der Waals surface area contributed by atoms with Gasteiger partial charge in [0.05, 0.1) is 25.6 Å². The van der Waals surface area contributed by atoms with Gasteiger partial charge in [-0.3, -0.25) is 9.59 Å². The number of amides is 1. The van der Waals surface area contributed by atoms with E-state index in [-0.39, 0.29) is 23.8 Å². The van der Waals surface area contributed by atoms with Gasteiger partial charge in [-0.1, -0.05) is 0 Å². The fourth-order valence-electron chi connectivity index (χ4n) is 3.08. The Hall–Kier alpha value is -2.77. The lowest BCUT2D eigenvalue weighted by Crippen LogP contribution is -2.39. The third-order valence-electron chi connectivity index (χ3n) is 4.53. The zero-order valence-electron chi connectivity index (χ0n) is 14.3. The number of methoxy groups -OCH3 is 1. The predicted octanol–water partition coefficient (Wildman–Crippen LogP) is 1.34. The van der Waals surface area contributed by atoms with E-state index in [9.17, 15) is 9.59 Å². The monoisotopic (exact) mass is 343 g/mol. The predicted molar refractivity (Wildman–Crippen MR) is 89.5 cm³/mol. The summed E-state index contributed by atoms with van der Waals surface area (Å²) in [5, 5.41) is 3.00. The zero-order chi connectivity index (χ0) is 17.8. The van der Waals surface area contributed by atoms with Crippen molar-refractivity contribution in [2.24, 2.45) is 13.0 Å². The molecule has 25 heavy (non-hydrogen) atoms. The lowest BCUT2D eigenvalue weighted by Gasteiger charge is -2.27. The van der Waals surface area contributed by atoms with Gasteiger partial charge in [0, 0.05) is 19.3 Å². The number of aromatic nitrogens is 4. The van der Waals surface area contributed by atoms with Crippen LogP contribution in [0.5, 0.6) is 0 Å². The maximum absolute atomic E-state index is 12.5. The van der Waals surface area contributed by atoms with Crippen molar-refractivity contribution < 1.29 is 14.3 Å². The number of carbonyl (C=O) groups excluding carboxylic acids is 2. The first-order valence-electron chi connectivity index (χ1n) is 8.27. The molecule has 132 valence electrons. The van der Waals surface area contributed by atoms with Crippen molar-refractivity contribution in [1.29, 1.82) is 0 Å². The van der Waals surface area contributed by atoms with Gasteiger partial charge < -0.3 is 14.6 Å². The third-order valence-corrected chi connectivity index (χ3v) is 4.53. The summed E-state index contributed by atoms with van der Waals surface area (Å²) in [6.45, 7) is 0. The number of nitrogens with one attached hydrogen (secondary N) is 1. The SMILES string of the molecule is COC(=O)[C@H]1CC[C@H](NC(=O)c2ccnc(-c3cncn3C)n2)CC1. The highest BCUT2D eigenvalue weighted by Crippen LogP contribution is 2.25. The Morgan fingerprint density at radius 2 is 2.04 bits per heavy atom. The van der Waals surface area contributed by atoms with Crippen LogP contribution < -0.4 is 5.32 Å². The number of esters is 1. The summed E-state index contributed by atoms with van der Waals surface area (Å²) in [5.74, 6) is 0.00410. The molecule has 0 atom stereocenters. The highest BCUT2D eigenvalue weighted by Gasteiger charge is 2.28. The maximum Gasteiger partial charge on any atom is 0.308 e. The lowest BCUT2D eigenvalue weighted by molar-refractivity contribution is -0.146. The average molecular weight is 343 g/mol. The molecule has 1 aliphatic rings. The standard InChI is InChI=1S/C17H21N5O3/c1-22-10-18-9-14(22)15-19-8-7-13(21-15)16(23)20-12-5-3-11(4-6-12)17(24)25-2/h7-12H,3-6H2,1-2H3,(H,20,23)/t11-,12-. The van der Waals surface area contributed by atoms with Crippen molar-refractivity contribution in [2.45, 2.75) is 31.7 Å². The van der Waals surface area contributed by atoms with Crippen LogP contribution >= 0.6 is 0 Å². The molecule has 0 spiro atoms. The van der Waals surface area contributed by atoms with E-state index in [0.29, 0.717) is 11.5 Å². The molecular weight excluding hydrogens is 322 g/mol. The number of rotatable bonds is 4. The minimum absolute atomic E-state index is 0.0449. The Morgan fingerprint density at radius 1 is 1.28 bits per heavy atom. The summed E-state index contributed by atoms with van der Waals surface area (Å²) >= 11 is 0. The van der Waals surface area contributed by atoms with Gasteiger partial charge >= 0.3 is 5.97 Å². The molecule has 0 aliphatic heterocycles. The molecule has 0 saturated heterocycles. The van der Waals surface area contributed by atoms with Gasteiger partial charge in [-0.05, 0) is 31.7 Å². The maximum atomic E-state index is 12.5. The molecule has 3 rings (SSSR count). The van der Waals surface area contributed by atoms with Gasteiger partial charge in [-0.15, -0.1) is 0 Å². The lowest BCUT2D eigenvalue weighted by atomic mass is 9.86. The molecule has 8 heteroatoms. The summed E-state index contributed by atoms with van der Waals surface area (Å²) in [6.07, 6.45) is 7.84. The highest BCUT2D eigenvalue weighted by atomic mass is 16.5. The molecule has 0 aromatic carbocycles. The van der Waals surface area contributed by atoms with Gasteiger partial charge in [0.2, 0.25) is 0 Å². The van der Waals surface area contributed by atoms with E-state index in [0.717, 1.165) is 31.4 Å². The fraction of sp³-hybridized carbons (Fsp3) is 0.471. The van der Waals surface area contributed by atoms with Gasteiger partial charge in [-0.2, -0.15) is 0 Å². The third kappa shape index (κ3) is 3.84. The Morgan fingerprint density at radius 3 is 2.68 bits per heavy atom. The molecule has 8 nitrogen and oxygen atoms in total. The summed E-state index contributed by atoms with van der Waals surface area (Å²) in [7, 11) is 3.25. The van der Waals surface area contributed by atoms with Crippen molar-refractivity contribution in [1.82, 2.24) is 24.8 Å². The van der Waals surface area contributed by atoms with Crippen molar-refractivity contribution in [2.75, 3.05) is 7.11 Å². The van der Waals surface area contributed by atoms with Crippen molar-refractivity contribution in [3.05, 3.63) is 30.5 Å². The molecule has 1 amide bonds. The minimum atomic E-state index is -0.229.